The molecule has 1 heteroatoms. The van der Waals surface area contributed by atoms with Gasteiger partial charge in [-0.25, -0.2) is 0 Å². The molecule has 0 aliphatic heterocycles. The van der Waals surface area contributed by atoms with Gasteiger partial charge < -0.3 is 4.42 Å². The van der Waals surface area contributed by atoms with E-state index < -0.39 is 84.1 Å². The lowest BCUT2D eigenvalue weighted by atomic mass is 9.85. The predicted octanol–water partition coefficient (Wildman–Crippen LogP) is 12.0. The Labute approximate surface area is 268 Å². The molecule has 0 N–H and O–H groups in total. The van der Waals surface area contributed by atoms with Gasteiger partial charge >= 0.3 is 0 Å². The lowest BCUT2D eigenvalue weighted by molar-refractivity contribution is 0.669. The number of benzene rings is 8. The van der Waals surface area contributed by atoms with Crippen molar-refractivity contribution in [2.45, 2.75) is 0 Å². The lowest BCUT2D eigenvalue weighted by Crippen LogP contribution is -1.91. The van der Waals surface area contributed by atoms with Crippen LogP contribution in [0.15, 0.2) is 162 Å². The summed E-state index contributed by atoms with van der Waals surface area (Å²) in [6.45, 7) is 0. The summed E-state index contributed by atoms with van der Waals surface area (Å²) in [5.41, 5.74) is 1.93. The third-order valence-electron chi connectivity index (χ3n) is 7.87. The molecule has 0 saturated carbocycles. The van der Waals surface area contributed by atoms with Crippen molar-refractivity contribution in [2.75, 3.05) is 0 Å². The van der Waals surface area contributed by atoms with Crippen LogP contribution in [-0.4, -0.2) is 0 Å². The molecule has 1 nitrogen and oxygen atoms in total. The maximum Gasteiger partial charge on any atom is 0.135 e. The maximum atomic E-state index is 9.85. The van der Waals surface area contributed by atoms with Crippen LogP contribution in [0.3, 0.4) is 0 Å². The number of fused-ring (bicyclic) bond motifs is 6. The zero-order valence-electron chi connectivity index (χ0n) is 36.3. The van der Waals surface area contributed by atoms with Crippen molar-refractivity contribution in [3.63, 3.8) is 0 Å². The Bertz CT molecular complexity index is 3190. The molecule has 200 valence electrons. The fourth-order valence-corrected chi connectivity index (χ4v) is 6.00. The van der Waals surface area contributed by atoms with Gasteiger partial charge in [0.25, 0.3) is 0 Å². The SMILES string of the molecule is [2H]c1c([2H])c([2H])c(-c2c3c([2H])c([2H])c([2H])c([2H])c3c(-c3ccc4cccc(-c5ccc6oc7ccccc7c6c5)c4c3[2H])c3c([2H])c([2H])c([2H])c([2H])c23)c([2H])c1[2H]. The molecule has 0 aliphatic rings. The van der Waals surface area contributed by atoms with Gasteiger partial charge in [0.2, 0.25) is 0 Å². The van der Waals surface area contributed by atoms with Crippen LogP contribution in [0, 0.1) is 0 Å². The fraction of sp³-hybridized carbons (Fsp3) is 0. The van der Waals surface area contributed by atoms with Crippen LogP contribution in [0.1, 0.15) is 19.2 Å². The highest BCUT2D eigenvalue weighted by molar-refractivity contribution is 6.22. The first-order valence-electron chi connectivity index (χ1n) is 20.6. The van der Waals surface area contributed by atoms with Crippen LogP contribution in [-0.2, 0) is 0 Å². The molecule has 0 bridgehead atoms. The second-order valence-corrected chi connectivity index (χ2v) is 10.2. The Morgan fingerprint density at radius 1 is 0.419 bits per heavy atom. The highest BCUT2D eigenvalue weighted by Crippen LogP contribution is 2.44. The molecule has 0 radical (unpaired) electrons. The third kappa shape index (κ3) is 3.72. The Kier molecular flexibility index (Phi) is 3.07. The zero-order valence-corrected chi connectivity index (χ0v) is 22.3. The second-order valence-electron chi connectivity index (χ2n) is 10.2. The zero-order chi connectivity index (χ0) is 40.5. The van der Waals surface area contributed by atoms with E-state index in [2.05, 4.69) is 0 Å². The molecule has 0 amide bonds. The molecule has 9 rings (SSSR count). The highest BCUT2D eigenvalue weighted by atomic mass is 16.3. The van der Waals surface area contributed by atoms with Gasteiger partial charge in [-0.3, -0.25) is 0 Å². The summed E-state index contributed by atoms with van der Waals surface area (Å²) in [6.07, 6.45) is 0. The number of hydrogen-bond donors (Lipinski definition) is 0. The van der Waals surface area contributed by atoms with Crippen LogP contribution in [0.25, 0.3) is 87.6 Å². The first-order chi connectivity index (χ1) is 27.1. The number of hydrogen-bond acceptors (Lipinski definition) is 1. The molecule has 1 aromatic heterocycles. The van der Waals surface area contributed by atoms with E-state index in [0.29, 0.717) is 27.5 Å². The molecule has 0 aliphatic carbocycles. The fourth-order valence-electron chi connectivity index (χ4n) is 6.00. The predicted molar refractivity (Wildman–Crippen MR) is 183 cm³/mol. The van der Waals surface area contributed by atoms with Crippen molar-refractivity contribution < 1.29 is 23.6 Å². The van der Waals surface area contributed by atoms with Crippen molar-refractivity contribution >= 4 is 54.3 Å². The first kappa shape index (κ1) is 14.0. The smallest absolute Gasteiger partial charge is 0.135 e. The first-order valence-corrected chi connectivity index (χ1v) is 13.6. The van der Waals surface area contributed by atoms with Crippen molar-refractivity contribution in [3.8, 4) is 33.4 Å². The topological polar surface area (TPSA) is 13.1 Å². The van der Waals surface area contributed by atoms with Crippen LogP contribution in [0.2, 0.25) is 0 Å². The summed E-state index contributed by atoms with van der Waals surface area (Å²) in [5.74, 6) is 0. The van der Waals surface area contributed by atoms with Crippen LogP contribution in [0.5, 0.6) is 0 Å². The van der Waals surface area contributed by atoms with Crippen molar-refractivity contribution in [3.05, 3.63) is 157 Å². The van der Waals surface area contributed by atoms with Crippen molar-refractivity contribution in [1.29, 1.82) is 0 Å². The molecule has 0 unspecified atom stereocenters. The minimum absolute atomic E-state index is 0.0856. The maximum absolute atomic E-state index is 9.85. The van der Waals surface area contributed by atoms with E-state index in [1.165, 1.54) is 0 Å². The minimum atomic E-state index is -0.741. The van der Waals surface area contributed by atoms with Gasteiger partial charge in [0, 0.05) is 10.8 Å². The van der Waals surface area contributed by atoms with Crippen molar-refractivity contribution in [1.82, 2.24) is 0 Å². The average molecular weight is 561 g/mol. The van der Waals surface area contributed by atoms with Gasteiger partial charge in [0.15, 0.2) is 0 Å². The number of para-hydroxylation sites is 1. The lowest BCUT2D eigenvalue weighted by Gasteiger charge is -2.18. The van der Waals surface area contributed by atoms with Crippen LogP contribution >= 0.6 is 0 Å². The van der Waals surface area contributed by atoms with Gasteiger partial charge in [-0.1, -0.05) is 133 Å². The Hall–Kier alpha value is -5.66. The van der Waals surface area contributed by atoms with Gasteiger partial charge in [0.1, 0.15) is 11.2 Å². The second kappa shape index (κ2) is 9.44. The number of rotatable bonds is 3. The van der Waals surface area contributed by atoms with Gasteiger partial charge in [-0.2, -0.15) is 0 Å². The summed E-state index contributed by atoms with van der Waals surface area (Å²) in [5, 5.41) is 1.76. The Morgan fingerprint density at radius 3 is 1.79 bits per heavy atom. The largest absolute Gasteiger partial charge is 0.456 e. The van der Waals surface area contributed by atoms with Crippen LogP contribution < -0.4 is 0 Å². The molecular formula is C42H26O. The van der Waals surface area contributed by atoms with E-state index in [9.17, 15) is 6.85 Å². The van der Waals surface area contributed by atoms with Gasteiger partial charge in [-0.15, -0.1) is 0 Å². The van der Waals surface area contributed by atoms with Crippen LogP contribution in [0.4, 0.5) is 0 Å². The van der Waals surface area contributed by atoms with E-state index in [4.69, 9.17) is 16.8 Å². The van der Waals surface area contributed by atoms with E-state index in [1.54, 1.807) is 12.1 Å². The molecular weight excluding hydrogens is 520 g/mol. The van der Waals surface area contributed by atoms with Gasteiger partial charge in [-0.05, 0) is 89.9 Å². The monoisotopic (exact) mass is 560 g/mol. The summed E-state index contributed by atoms with van der Waals surface area (Å²) in [7, 11) is 0. The molecule has 1 heterocycles. The standard InChI is InChI=1S/C42H26O/c1-2-11-28(12-3-1)41-33-15-4-6-17-35(33)42(36-18-7-5-16-34(36)41)30-22-21-27-13-10-19-31(37(27)26-30)29-23-24-40-38(25-29)32-14-8-9-20-39(32)43-40/h1-26H/i1D,2D,3D,4D,5D,6D,7D,11D,12D,15D,16D,17D,18D,26D. The highest BCUT2D eigenvalue weighted by Gasteiger charge is 2.17. The molecule has 0 spiro atoms. The summed E-state index contributed by atoms with van der Waals surface area (Å²) >= 11 is 0. The van der Waals surface area contributed by atoms with Crippen molar-refractivity contribution in [2.24, 2.45) is 0 Å². The summed E-state index contributed by atoms with van der Waals surface area (Å²) in [4.78, 5) is 0. The summed E-state index contributed by atoms with van der Waals surface area (Å²) < 4.78 is 131. The molecule has 0 atom stereocenters. The quantitative estimate of drug-likeness (QED) is 0.196. The third-order valence-corrected chi connectivity index (χ3v) is 7.87. The van der Waals surface area contributed by atoms with E-state index >= 15 is 0 Å². The Balaban J connectivity index is 1.50. The molecule has 0 fully saturated rings. The number of furan rings is 1. The average Bonchev–Trinajstić information content (AvgIpc) is 3.59. The van der Waals surface area contributed by atoms with E-state index in [0.717, 1.165) is 16.3 Å². The van der Waals surface area contributed by atoms with E-state index in [1.807, 2.05) is 60.7 Å². The minimum Gasteiger partial charge on any atom is -0.456 e. The molecule has 8 aromatic carbocycles. The van der Waals surface area contributed by atoms with Gasteiger partial charge in [0.05, 0.1) is 19.2 Å². The normalized spacial score (nSPS) is 16.3. The Morgan fingerprint density at radius 2 is 1.05 bits per heavy atom. The van der Waals surface area contributed by atoms with E-state index in [-0.39, 0.29) is 44.3 Å². The molecule has 9 aromatic rings. The molecule has 0 saturated heterocycles. The molecule has 43 heavy (non-hydrogen) atoms. The summed E-state index contributed by atoms with van der Waals surface area (Å²) in [6, 6.07) is 13.1.